The van der Waals surface area contributed by atoms with Gasteiger partial charge in [-0.15, -0.1) is 5.10 Å². The van der Waals surface area contributed by atoms with Crippen LogP contribution in [0.25, 0.3) is 0 Å². The third kappa shape index (κ3) is 2.72. The highest BCUT2D eigenvalue weighted by Crippen LogP contribution is 2.13. The van der Waals surface area contributed by atoms with Crippen molar-refractivity contribution in [3.63, 3.8) is 0 Å². The first-order valence-electron chi connectivity index (χ1n) is 5.62. The van der Waals surface area contributed by atoms with Crippen LogP contribution in [0.2, 0.25) is 0 Å². The second-order valence-corrected chi connectivity index (χ2v) is 3.89. The predicted molar refractivity (Wildman–Crippen MR) is 62.2 cm³/mol. The average Bonchev–Trinajstić information content (AvgIpc) is 2.75. The molecule has 6 heteroatoms. The first kappa shape index (κ1) is 12.7. The van der Waals surface area contributed by atoms with E-state index in [1.165, 1.54) is 12.1 Å². The Morgan fingerprint density at radius 1 is 1.17 bits per heavy atom. The lowest BCUT2D eigenvalue weighted by Crippen LogP contribution is -2.09. The van der Waals surface area contributed by atoms with Gasteiger partial charge in [-0.3, -0.25) is 0 Å². The van der Waals surface area contributed by atoms with Crippen molar-refractivity contribution >= 4 is 0 Å². The fourth-order valence-corrected chi connectivity index (χ4v) is 1.75. The average molecular weight is 251 g/mol. The molecular weight excluding hydrogens is 237 g/mol. The van der Waals surface area contributed by atoms with Gasteiger partial charge in [-0.25, -0.2) is 9.07 Å². The number of aliphatic hydroxyl groups is 2. The van der Waals surface area contributed by atoms with Gasteiger partial charge in [-0.05, 0) is 17.7 Å². The summed E-state index contributed by atoms with van der Waals surface area (Å²) in [6.07, 6.45) is 0.489. The van der Waals surface area contributed by atoms with Gasteiger partial charge >= 0.3 is 0 Å². The molecule has 0 fully saturated rings. The third-order valence-electron chi connectivity index (χ3n) is 2.66. The topological polar surface area (TPSA) is 71.2 Å². The standard InChI is InChI=1S/C12H14FN3O2/c13-10-3-1-9(2-4-10)7-12-11(8-18)14-15-16(12)5-6-17/h1-4,17-18H,5-8H2. The van der Waals surface area contributed by atoms with Crippen LogP contribution in [0.5, 0.6) is 0 Å². The normalized spacial score (nSPS) is 10.8. The SMILES string of the molecule is OCCn1nnc(CO)c1Cc1ccc(F)cc1. The number of halogens is 1. The Bertz CT molecular complexity index is 511. The number of benzene rings is 1. The van der Waals surface area contributed by atoms with Crippen molar-refractivity contribution in [3.8, 4) is 0 Å². The lowest BCUT2D eigenvalue weighted by molar-refractivity contribution is 0.265. The number of aromatic nitrogens is 3. The van der Waals surface area contributed by atoms with Crippen molar-refractivity contribution in [1.29, 1.82) is 0 Å². The fraction of sp³-hybridized carbons (Fsp3) is 0.333. The molecule has 18 heavy (non-hydrogen) atoms. The first-order valence-corrected chi connectivity index (χ1v) is 5.62. The maximum absolute atomic E-state index is 12.8. The Kier molecular flexibility index (Phi) is 4.01. The van der Waals surface area contributed by atoms with Crippen LogP contribution in [-0.4, -0.2) is 31.8 Å². The van der Waals surface area contributed by atoms with Crippen LogP contribution >= 0.6 is 0 Å². The van der Waals surface area contributed by atoms with Gasteiger partial charge in [0.15, 0.2) is 0 Å². The van der Waals surface area contributed by atoms with Crippen molar-refractivity contribution in [1.82, 2.24) is 15.0 Å². The van der Waals surface area contributed by atoms with Gasteiger partial charge in [0.05, 0.1) is 25.5 Å². The predicted octanol–water partition coefficient (Wildman–Crippen LogP) is 0.493. The van der Waals surface area contributed by atoms with E-state index in [4.69, 9.17) is 5.11 Å². The van der Waals surface area contributed by atoms with E-state index in [-0.39, 0.29) is 19.0 Å². The van der Waals surface area contributed by atoms with E-state index in [1.807, 2.05) is 0 Å². The molecule has 1 aromatic carbocycles. The van der Waals surface area contributed by atoms with Crippen molar-refractivity contribution in [2.75, 3.05) is 6.61 Å². The van der Waals surface area contributed by atoms with Gasteiger partial charge in [0.1, 0.15) is 11.5 Å². The van der Waals surface area contributed by atoms with Crippen molar-refractivity contribution in [2.45, 2.75) is 19.6 Å². The zero-order valence-corrected chi connectivity index (χ0v) is 9.75. The van der Waals surface area contributed by atoms with Gasteiger partial charge in [0.25, 0.3) is 0 Å². The molecule has 0 spiro atoms. The van der Waals surface area contributed by atoms with Crippen LogP contribution in [-0.2, 0) is 19.6 Å². The quantitative estimate of drug-likeness (QED) is 0.811. The third-order valence-corrected chi connectivity index (χ3v) is 2.66. The van der Waals surface area contributed by atoms with E-state index in [9.17, 15) is 9.50 Å². The van der Waals surface area contributed by atoms with Crippen LogP contribution in [0.15, 0.2) is 24.3 Å². The summed E-state index contributed by atoms with van der Waals surface area (Å²) >= 11 is 0. The summed E-state index contributed by atoms with van der Waals surface area (Å²) in [6.45, 7) is 0.0656. The minimum Gasteiger partial charge on any atom is -0.394 e. The van der Waals surface area contributed by atoms with E-state index >= 15 is 0 Å². The molecule has 0 saturated heterocycles. The van der Waals surface area contributed by atoms with Gasteiger partial charge in [0.2, 0.25) is 0 Å². The summed E-state index contributed by atoms with van der Waals surface area (Å²) in [5.74, 6) is -0.289. The van der Waals surface area contributed by atoms with E-state index in [0.29, 0.717) is 18.7 Å². The maximum atomic E-state index is 12.8. The Balaban J connectivity index is 2.26. The zero-order chi connectivity index (χ0) is 13.0. The van der Waals surface area contributed by atoms with Crippen molar-refractivity contribution in [3.05, 3.63) is 47.0 Å². The highest BCUT2D eigenvalue weighted by atomic mass is 19.1. The monoisotopic (exact) mass is 251 g/mol. The Morgan fingerprint density at radius 3 is 2.50 bits per heavy atom. The lowest BCUT2D eigenvalue weighted by atomic mass is 10.1. The van der Waals surface area contributed by atoms with Crippen molar-refractivity contribution < 1.29 is 14.6 Å². The maximum Gasteiger partial charge on any atom is 0.123 e. The summed E-state index contributed by atoms with van der Waals surface area (Å²) < 4.78 is 14.4. The number of rotatable bonds is 5. The number of hydrogen-bond acceptors (Lipinski definition) is 4. The van der Waals surface area contributed by atoms with Crippen molar-refractivity contribution in [2.24, 2.45) is 0 Å². The molecule has 0 aliphatic rings. The molecule has 96 valence electrons. The summed E-state index contributed by atoms with van der Waals surface area (Å²) in [4.78, 5) is 0. The molecule has 0 radical (unpaired) electrons. The smallest absolute Gasteiger partial charge is 0.123 e. The molecule has 5 nitrogen and oxygen atoms in total. The fourth-order valence-electron chi connectivity index (χ4n) is 1.75. The molecule has 2 aromatic rings. The Hall–Kier alpha value is -1.79. The van der Waals surface area contributed by atoms with Crippen LogP contribution in [0.3, 0.4) is 0 Å². The van der Waals surface area contributed by atoms with Crippen LogP contribution in [0.4, 0.5) is 4.39 Å². The van der Waals surface area contributed by atoms with E-state index in [2.05, 4.69) is 10.3 Å². The molecule has 0 atom stereocenters. The molecule has 0 saturated carbocycles. The molecular formula is C12H14FN3O2. The molecule has 2 rings (SSSR count). The minimum absolute atomic E-state index is 0.0509. The summed E-state index contributed by atoms with van der Waals surface area (Å²) in [5, 5.41) is 25.8. The summed E-state index contributed by atoms with van der Waals surface area (Å²) in [5.41, 5.74) is 2.11. The molecule has 2 N–H and O–H groups in total. The van der Waals surface area contributed by atoms with Crippen LogP contribution in [0, 0.1) is 5.82 Å². The minimum atomic E-state index is -0.289. The number of hydrogen-bond donors (Lipinski definition) is 2. The second-order valence-electron chi connectivity index (χ2n) is 3.89. The van der Waals surface area contributed by atoms with Crippen LogP contribution < -0.4 is 0 Å². The first-order chi connectivity index (χ1) is 8.74. The summed E-state index contributed by atoms with van der Waals surface area (Å²) in [6, 6.07) is 6.11. The number of aliphatic hydroxyl groups excluding tert-OH is 2. The Labute approximate surface area is 103 Å². The molecule has 0 unspecified atom stereocenters. The highest BCUT2D eigenvalue weighted by molar-refractivity contribution is 5.24. The molecule has 0 aliphatic carbocycles. The van der Waals surface area contributed by atoms with Gasteiger partial charge in [0, 0.05) is 6.42 Å². The second kappa shape index (κ2) is 5.70. The zero-order valence-electron chi connectivity index (χ0n) is 9.75. The largest absolute Gasteiger partial charge is 0.394 e. The molecule has 0 amide bonds. The van der Waals surface area contributed by atoms with Crippen LogP contribution in [0.1, 0.15) is 17.0 Å². The Morgan fingerprint density at radius 2 is 1.89 bits per heavy atom. The highest BCUT2D eigenvalue weighted by Gasteiger charge is 2.12. The van der Waals surface area contributed by atoms with E-state index in [0.717, 1.165) is 11.3 Å². The lowest BCUT2D eigenvalue weighted by Gasteiger charge is -2.06. The summed E-state index contributed by atoms with van der Waals surface area (Å²) in [7, 11) is 0. The van der Waals surface area contributed by atoms with E-state index < -0.39 is 0 Å². The van der Waals surface area contributed by atoms with Gasteiger partial charge < -0.3 is 10.2 Å². The number of nitrogens with zero attached hydrogens (tertiary/aromatic N) is 3. The van der Waals surface area contributed by atoms with E-state index in [1.54, 1.807) is 16.8 Å². The molecule has 0 bridgehead atoms. The van der Waals surface area contributed by atoms with Gasteiger partial charge in [-0.2, -0.15) is 0 Å². The molecule has 0 aliphatic heterocycles. The van der Waals surface area contributed by atoms with Gasteiger partial charge in [-0.1, -0.05) is 17.3 Å². The molecule has 1 heterocycles. The molecule has 1 aromatic heterocycles.